The summed E-state index contributed by atoms with van der Waals surface area (Å²) < 4.78 is 5.57. The number of carbonyl (C=O) groups is 2. The Kier molecular flexibility index (Phi) is 7.89. The number of carbonyl (C=O) groups excluding carboxylic acids is 2. The van der Waals surface area contributed by atoms with Crippen molar-refractivity contribution in [2.45, 2.75) is 50.7 Å². The Balaban J connectivity index is 1.88. The van der Waals surface area contributed by atoms with Gasteiger partial charge in [-0.3, -0.25) is 9.59 Å². The molecule has 1 aromatic heterocycles. The van der Waals surface area contributed by atoms with Gasteiger partial charge in [0.1, 0.15) is 23.4 Å². The second kappa shape index (κ2) is 10.1. The van der Waals surface area contributed by atoms with Gasteiger partial charge < -0.3 is 31.1 Å². The normalized spacial score (nSPS) is 19.2. The molecule has 1 aliphatic heterocycles. The Morgan fingerprint density at radius 1 is 1.07 bits per heavy atom. The summed E-state index contributed by atoms with van der Waals surface area (Å²) >= 11 is 0. The Morgan fingerprint density at radius 3 is 2.41 bits per heavy atom. The third-order valence-electron chi connectivity index (χ3n) is 4.30. The minimum absolute atomic E-state index is 0.0332. The third-order valence-corrected chi connectivity index (χ3v) is 4.30. The lowest BCUT2D eigenvalue weighted by atomic mass is 10.1. The molecule has 0 amide bonds. The Morgan fingerprint density at radius 2 is 1.78 bits per heavy atom. The average molecular weight is 382 g/mol. The van der Waals surface area contributed by atoms with Crippen LogP contribution in [0.3, 0.4) is 0 Å². The van der Waals surface area contributed by atoms with Crippen molar-refractivity contribution in [1.82, 2.24) is 9.97 Å². The number of ketones is 2. The molecule has 0 unspecified atom stereocenters. The zero-order valence-corrected chi connectivity index (χ0v) is 15.1. The molecule has 2 atom stereocenters. The molecule has 1 aliphatic rings. The number of nitrogens with zero attached hydrogens (tertiary/aromatic N) is 2. The van der Waals surface area contributed by atoms with E-state index in [2.05, 4.69) is 15.3 Å². The zero-order chi connectivity index (χ0) is 19.8. The number of anilines is 1. The number of nitrogens with one attached hydrogen (secondary N) is 1. The van der Waals surface area contributed by atoms with Crippen molar-refractivity contribution in [3.63, 3.8) is 0 Å². The van der Waals surface area contributed by atoms with Gasteiger partial charge in [-0.25, -0.2) is 4.98 Å². The van der Waals surface area contributed by atoms with E-state index in [4.69, 9.17) is 15.6 Å². The molecule has 150 valence electrons. The standard InChI is InChI=1S/C17H26N4O6/c18-7-5-10(23)1-2-11(24)6-8-19-15-17(26)21-16(25)14(20-15)13-4-3-12(9-22)27-13/h12-13,22H,1-9,18H2,(H,19,20)(H2,21,25,26)/t12-,13+/m0/s1. The highest BCUT2D eigenvalue weighted by Crippen LogP contribution is 2.37. The van der Waals surface area contributed by atoms with Crippen LogP contribution >= 0.6 is 0 Å². The minimum Gasteiger partial charge on any atom is -0.492 e. The van der Waals surface area contributed by atoms with E-state index in [1.54, 1.807) is 0 Å². The van der Waals surface area contributed by atoms with Crippen LogP contribution in [-0.4, -0.2) is 62.7 Å². The molecule has 10 heteroatoms. The predicted octanol–water partition coefficient (Wildman–Crippen LogP) is 0.169. The molecule has 0 bridgehead atoms. The third kappa shape index (κ3) is 6.12. The fraction of sp³-hybridized carbons (Fsp3) is 0.647. The van der Waals surface area contributed by atoms with Crippen molar-refractivity contribution in [3.8, 4) is 11.8 Å². The van der Waals surface area contributed by atoms with E-state index in [1.807, 2.05) is 0 Å². The number of Topliss-reactive ketones (excluding diaryl/α,β-unsaturated/α-hetero) is 2. The van der Waals surface area contributed by atoms with Crippen LogP contribution in [0.1, 0.15) is 50.3 Å². The lowest BCUT2D eigenvalue weighted by molar-refractivity contribution is -0.124. The first-order chi connectivity index (χ1) is 12.9. The predicted molar refractivity (Wildman–Crippen MR) is 95.3 cm³/mol. The summed E-state index contributed by atoms with van der Waals surface area (Å²) in [5.41, 5.74) is 5.46. The summed E-state index contributed by atoms with van der Waals surface area (Å²) in [5, 5.41) is 31.7. The molecule has 0 aromatic carbocycles. The van der Waals surface area contributed by atoms with Crippen LogP contribution in [-0.2, 0) is 14.3 Å². The number of aliphatic hydroxyl groups excluding tert-OH is 1. The SMILES string of the molecule is NCCC(=O)CCC(=O)CCNc1nc([C@H]2CC[C@@H](CO)O2)c(O)nc1O. The van der Waals surface area contributed by atoms with Gasteiger partial charge in [0.05, 0.1) is 12.7 Å². The highest BCUT2D eigenvalue weighted by atomic mass is 16.5. The van der Waals surface area contributed by atoms with Gasteiger partial charge in [0.15, 0.2) is 5.82 Å². The van der Waals surface area contributed by atoms with Crippen LogP contribution in [0, 0.1) is 0 Å². The maximum atomic E-state index is 11.8. The monoisotopic (exact) mass is 382 g/mol. The zero-order valence-electron chi connectivity index (χ0n) is 15.1. The summed E-state index contributed by atoms with van der Waals surface area (Å²) in [7, 11) is 0. The second-order valence-electron chi connectivity index (χ2n) is 6.40. The average Bonchev–Trinajstić information content (AvgIpc) is 3.11. The van der Waals surface area contributed by atoms with Crippen LogP contribution in [0.25, 0.3) is 0 Å². The largest absolute Gasteiger partial charge is 0.492 e. The lowest BCUT2D eigenvalue weighted by Crippen LogP contribution is -2.14. The number of hydrogen-bond donors (Lipinski definition) is 5. The summed E-state index contributed by atoms with van der Waals surface area (Å²) in [4.78, 5) is 31.0. The van der Waals surface area contributed by atoms with Crippen LogP contribution in [0.5, 0.6) is 11.8 Å². The molecule has 27 heavy (non-hydrogen) atoms. The number of ether oxygens (including phenoxy) is 1. The van der Waals surface area contributed by atoms with E-state index >= 15 is 0 Å². The molecule has 2 heterocycles. The van der Waals surface area contributed by atoms with Gasteiger partial charge in [-0.05, 0) is 19.4 Å². The molecule has 10 nitrogen and oxygen atoms in total. The quantitative estimate of drug-likeness (QED) is 0.356. The van der Waals surface area contributed by atoms with E-state index in [0.717, 1.165) is 0 Å². The number of hydrogen-bond acceptors (Lipinski definition) is 10. The molecule has 6 N–H and O–H groups in total. The molecule has 1 aromatic rings. The molecule has 0 radical (unpaired) electrons. The molecular formula is C17H26N4O6. The molecular weight excluding hydrogens is 356 g/mol. The van der Waals surface area contributed by atoms with Crippen molar-refractivity contribution >= 4 is 17.4 Å². The molecule has 0 saturated carbocycles. The van der Waals surface area contributed by atoms with Crippen LogP contribution in [0.2, 0.25) is 0 Å². The van der Waals surface area contributed by atoms with E-state index < -0.39 is 17.9 Å². The number of aliphatic hydroxyl groups is 1. The first-order valence-electron chi connectivity index (χ1n) is 8.98. The number of aromatic hydroxyl groups is 2. The first kappa shape index (κ1) is 21.0. The minimum atomic E-state index is -0.522. The smallest absolute Gasteiger partial charge is 0.258 e. The van der Waals surface area contributed by atoms with Crippen LogP contribution in [0.15, 0.2) is 0 Å². The first-order valence-corrected chi connectivity index (χ1v) is 8.98. The molecule has 0 spiro atoms. The number of rotatable bonds is 11. The van der Waals surface area contributed by atoms with Gasteiger partial charge >= 0.3 is 0 Å². The maximum absolute atomic E-state index is 11.8. The van der Waals surface area contributed by atoms with Crippen molar-refractivity contribution in [2.24, 2.45) is 5.73 Å². The van der Waals surface area contributed by atoms with E-state index in [-0.39, 0.29) is 74.6 Å². The Labute approximate surface area is 156 Å². The van der Waals surface area contributed by atoms with Gasteiger partial charge in [-0.1, -0.05) is 0 Å². The fourth-order valence-corrected chi connectivity index (χ4v) is 2.82. The summed E-state index contributed by atoms with van der Waals surface area (Å²) in [6.45, 7) is 0.352. The topological polar surface area (TPSA) is 168 Å². The van der Waals surface area contributed by atoms with Crippen LogP contribution < -0.4 is 11.1 Å². The van der Waals surface area contributed by atoms with Crippen LogP contribution in [0.4, 0.5) is 5.82 Å². The maximum Gasteiger partial charge on any atom is 0.258 e. The van der Waals surface area contributed by atoms with E-state index in [0.29, 0.717) is 12.8 Å². The highest BCUT2D eigenvalue weighted by molar-refractivity contribution is 5.86. The van der Waals surface area contributed by atoms with Gasteiger partial charge in [0.2, 0.25) is 5.88 Å². The second-order valence-corrected chi connectivity index (χ2v) is 6.40. The fourth-order valence-electron chi connectivity index (χ4n) is 2.82. The molecule has 2 rings (SSSR count). The Hall–Kier alpha value is -2.30. The lowest BCUT2D eigenvalue weighted by Gasteiger charge is -2.14. The van der Waals surface area contributed by atoms with Crippen molar-refractivity contribution < 1.29 is 29.6 Å². The number of aromatic nitrogens is 2. The summed E-state index contributed by atoms with van der Waals surface area (Å²) in [6.07, 6.45) is 1.10. The number of nitrogens with two attached hydrogens (primary N) is 1. The summed E-state index contributed by atoms with van der Waals surface area (Å²) in [5.74, 6) is -1.02. The highest BCUT2D eigenvalue weighted by Gasteiger charge is 2.30. The Bertz CT molecular complexity index is 669. The van der Waals surface area contributed by atoms with Gasteiger partial charge in [-0.2, -0.15) is 4.98 Å². The molecule has 1 saturated heterocycles. The molecule has 0 aliphatic carbocycles. The van der Waals surface area contributed by atoms with Crippen molar-refractivity contribution in [3.05, 3.63) is 5.69 Å². The van der Waals surface area contributed by atoms with Crippen molar-refractivity contribution in [1.29, 1.82) is 0 Å². The van der Waals surface area contributed by atoms with E-state index in [9.17, 15) is 19.8 Å². The van der Waals surface area contributed by atoms with Gasteiger partial charge in [-0.15, -0.1) is 0 Å². The van der Waals surface area contributed by atoms with Gasteiger partial charge in [0.25, 0.3) is 5.88 Å². The van der Waals surface area contributed by atoms with Gasteiger partial charge in [0, 0.05) is 32.2 Å². The van der Waals surface area contributed by atoms with E-state index in [1.165, 1.54) is 0 Å². The molecule has 1 fully saturated rings. The van der Waals surface area contributed by atoms with Crippen molar-refractivity contribution in [2.75, 3.05) is 25.0 Å². The summed E-state index contributed by atoms with van der Waals surface area (Å²) in [6, 6.07) is 0.